The van der Waals surface area contributed by atoms with Gasteiger partial charge in [-0.2, -0.15) is 5.10 Å². The smallest absolute Gasteiger partial charge is 0.304 e. The number of H-pyrrole nitrogens is 1. The van der Waals surface area contributed by atoms with E-state index in [-0.39, 0.29) is 12.3 Å². The third-order valence-corrected chi connectivity index (χ3v) is 2.95. The molecule has 5 heteroatoms. The molecule has 0 aliphatic heterocycles. The summed E-state index contributed by atoms with van der Waals surface area (Å²) in [4.78, 5) is 11.0. The van der Waals surface area contributed by atoms with Gasteiger partial charge in [-0.05, 0) is 12.5 Å². The van der Waals surface area contributed by atoms with Crippen molar-refractivity contribution in [1.29, 1.82) is 0 Å². The molecule has 0 fully saturated rings. The second-order valence-corrected chi connectivity index (χ2v) is 4.21. The van der Waals surface area contributed by atoms with Gasteiger partial charge in [0.1, 0.15) is 5.82 Å². The maximum Gasteiger partial charge on any atom is 0.304 e. The lowest BCUT2D eigenvalue weighted by molar-refractivity contribution is -0.137. The fourth-order valence-electron chi connectivity index (χ4n) is 2.14. The van der Waals surface area contributed by atoms with Gasteiger partial charge >= 0.3 is 5.97 Å². The Labute approximate surface area is 105 Å². The maximum absolute atomic E-state index is 11.0. The Balaban J connectivity index is 2.47. The number of nitrogens with one attached hydrogen (secondary N) is 1. The van der Waals surface area contributed by atoms with Gasteiger partial charge in [-0.3, -0.25) is 9.89 Å². The van der Waals surface area contributed by atoms with E-state index < -0.39 is 5.97 Å². The molecule has 0 saturated carbocycles. The number of aromatic amines is 1. The number of aromatic nitrogens is 2. The van der Waals surface area contributed by atoms with Gasteiger partial charge in [-0.1, -0.05) is 30.3 Å². The number of rotatable bonds is 4. The molecule has 5 nitrogen and oxygen atoms in total. The molecular weight excluding hydrogens is 230 g/mol. The number of nitrogens with two attached hydrogens (primary N) is 1. The molecule has 18 heavy (non-hydrogen) atoms. The van der Waals surface area contributed by atoms with Gasteiger partial charge in [0.05, 0.1) is 6.42 Å². The molecule has 0 saturated heterocycles. The standard InChI is InChI=1S/C13H15N3O2/c1-8-12(13(14)16-15-8)10(7-11(17)18)9-5-3-2-4-6-9/h2-6,10H,7H2,1H3,(H,17,18)(H3,14,15,16). The number of carbonyl (C=O) groups is 1. The fourth-order valence-corrected chi connectivity index (χ4v) is 2.14. The number of carboxylic acids is 1. The van der Waals surface area contributed by atoms with Crippen molar-refractivity contribution in [2.75, 3.05) is 5.73 Å². The van der Waals surface area contributed by atoms with E-state index in [0.717, 1.165) is 16.8 Å². The van der Waals surface area contributed by atoms with Crippen LogP contribution in [0.3, 0.4) is 0 Å². The third kappa shape index (κ3) is 2.34. The van der Waals surface area contributed by atoms with Crippen molar-refractivity contribution in [3.63, 3.8) is 0 Å². The summed E-state index contributed by atoms with van der Waals surface area (Å²) in [6, 6.07) is 9.47. The number of nitrogen functional groups attached to an aromatic ring is 1. The fraction of sp³-hybridized carbons (Fsp3) is 0.231. The van der Waals surface area contributed by atoms with Crippen molar-refractivity contribution < 1.29 is 9.90 Å². The lowest BCUT2D eigenvalue weighted by Gasteiger charge is -2.15. The largest absolute Gasteiger partial charge is 0.481 e. The van der Waals surface area contributed by atoms with Gasteiger partial charge in [-0.15, -0.1) is 0 Å². The molecule has 94 valence electrons. The number of nitrogens with zero attached hydrogens (tertiary/aromatic N) is 1. The molecule has 1 atom stereocenters. The van der Waals surface area contributed by atoms with Crippen LogP contribution >= 0.6 is 0 Å². The number of hydrogen-bond donors (Lipinski definition) is 3. The molecule has 0 aliphatic carbocycles. The molecule has 1 heterocycles. The van der Waals surface area contributed by atoms with Crippen molar-refractivity contribution in [3.05, 3.63) is 47.2 Å². The van der Waals surface area contributed by atoms with E-state index in [1.54, 1.807) is 0 Å². The van der Waals surface area contributed by atoms with Crippen molar-refractivity contribution in [1.82, 2.24) is 10.2 Å². The molecule has 2 aromatic rings. The highest BCUT2D eigenvalue weighted by Gasteiger charge is 2.23. The zero-order valence-corrected chi connectivity index (χ0v) is 10.1. The van der Waals surface area contributed by atoms with Gasteiger partial charge in [0.2, 0.25) is 0 Å². The number of carboxylic acid groups (broad SMARTS) is 1. The van der Waals surface area contributed by atoms with Crippen LogP contribution in [-0.4, -0.2) is 21.3 Å². The van der Waals surface area contributed by atoms with Crippen LogP contribution < -0.4 is 5.73 Å². The summed E-state index contributed by atoms with van der Waals surface area (Å²) in [5.74, 6) is -0.770. The van der Waals surface area contributed by atoms with Crippen LogP contribution in [0.5, 0.6) is 0 Å². The van der Waals surface area contributed by atoms with Crippen LogP contribution in [0, 0.1) is 6.92 Å². The third-order valence-electron chi connectivity index (χ3n) is 2.95. The van der Waals surface area contributed by atoms with E-state index in [1.165, 1.54) is 0 Å². The average Bonchev–Trinajstić information content (AvgIpc) is 2.67. The number of hydrogen-bond acceptors (Lipinski definition) is 3. The highest BCUT2D eigenvalue weighted by molar-refractivity contribution is 5.70. The maximum atomic E-state index is 11.0. The zero-order valence-electron chi connectivity index (χ0n) is 10.1. The lowest BCUT2D eigenvalue weighted by Crippen LogP contribution is -2.10. The quantitative estimate of drug-likeness (QED) is 0.767. The summed E-state index contributed by atoms with van der Waals surface area (Å²) in [5, 5.41) is 15.8. The summed E-state index contributed by atoms with van der Waals surface area (Å²) in [6.07, 6.45) is -0.00537. The number of benzene rings is 1. The predicted octanol–water partition coefficient (Wildman–Crippen LogP) is 1.91. The Kier molecular flexibility index (Phi) is 3.32. The highest BCUT2D eigenvalue weighted by atomic mass is 16.4. The summed E-state index contributed by atoms with van der Waals surface area (Å²) >= 11 is 0. The SMILES string of the molecule is Cc1[nH]nc(N)c1C(CC(=O)O)c1ccccc1. The monoisotopic (exact) mass is 245 g/mol. The van der Waals surface area contributed by atoms with Crippen LogP contribution in [0.4, 0.5) is 5.82 Å². The Morgan fingerprint density at radius 3 is 2.61 bits per heavy atom. The van der Waals surface area contributed by atoms with E-state index in [0.29, 0.717) is 5.82 Å². The molecule has 0 amide bonds. The second kappa shape index (κ2) is 4.91. The Morgan fingerprint density at radius 2 is 2.11 bits per heavy atom. The molecule has 0 radical (unpaired) electrons. The number of aliphatic carboxylic acids is 1. The van der Waals surface area contributed by atoms with E-state index in [1.807, 2.05) is 37.3 Å². The first-order chi connectivity index (χ1) is 8.59. The molecular formula is C13H15N3O2. The summed E-state index contributed by atoms with van der Waals surface area (Å²) in [5.41, 5.74) is 8.32. The predicted molar refractivity (Wildman–Crippen MR) is 68.3 cm³/mol. The van der Waals surface area contributed by atoms with Crippen LogP contribution in [0.25, 0.3) is 0 Å². The molecule has 1 aromatic heterocycles. The minimum absolute atomic E-state index is 0.00537. The molecule has 1 aromatic carbocycles. The first kappa shape index (κ1) is 12.2. The Hall–Kier alpha value is -2.30. The molecule has 2 rings (SSSR count). The van der Waals surface area contributed by atoms with Crippen LogP contribution in [-0.2, 0) is 4.79 Å². The van der Waals surface area contributed by atoms with Crippen molar-refractivity contribution in [2.24, 2.45) is 0 Å². The number of anilines is 1. The van der Waals surface area contributed by atoms with Crippen molar-refractivity contribution >= 4 is 11.8 Å². The van der Waals surface area contributed by atoms with Gasteiger partial charge < -0.3 is 10.8 Å². The normalized spacial score (nSPS) is 12.3. The number of aryl methyl sites for hydroxylation is 1. The highest BCUT2D eigenvalue weighted by Crippen LogP contribution is 2.32. The van der Waals surface area contributed by atoms with E-state index in [9.17, 15) is 4.79 Å². The van der Waals surface area contributed by atoms with Crippen LogP contribution in [0.1, 0.15) is 29.2 Å². The van der Waals surface area contributed by atoms with Gasteiger partial charge in [0, 0.05) is 17.2 Å². The minimum atomic E-state index is -0.858. The Bertz CT molecular complexity index is 529. The average molecular weight is 245 g/mol. The van der Waals surface area contributed by atoms with E-state index in [2.05, 4.69) is 10.2 Å². The molecule has 4 N–H and O–H groups in total. The second-order valence-electron chi connectivity index (χ2n) is 4.21. The van der Waals surface area contributed by atoms with Crippen molar-refractivity contribution in [3.8, 4) is 0 Å². The van der Waals surface area contributed by atoms with E-state index >= 15 is 0 Å². The molecule has 0 aliphatic rings. The first-order valence-corrected chi connectivity index (χ1v) is 5.66. The Morgan fingerprint density at radius 1 is 1.44 bits per heavy atom. The first-order valence-electron chi connectivity index (χ1n) is 5.66. The van der Waals surface area contributed by atoms with Crippen molar-refractivity contribution in [2.45, 2.75) is 19.3 Å². The van der Waals surface area contributed by atoms with Gasteiger partial charge in [0.25, 0.3) is 0 Å². The van der Waals surface area contributed by atoms with Gasteiger partial charge in [0.15, 0.2) is 0 Å². The summed E-state index contributed by atoms with van der Waals surface area (Å²) in [6.45, 7) is 1.84. The summed E-state index contributed by atoms with van der Waals surface area (Å²) < 4.78 is 0. The minimum Gasteiger partial charge on any atom is -0.481 e. The lowest BCUT2D eigenvalue weighted by atomic mass is 9.88. The molecule has 0 bridgehead atoms. The van der Waals surface area contributed by atoms with Gasteiger partial charge in [-0.25, -0.2) is 0 Å². The summed E-state index contributed by atoms with van der Waals surface area (Å²) in [7, 11) is 0. The zero-order chi connectivity index (χ0) is 13.1. The van der Waals surface area contributed by atoms with Crippen LogP contribution in [0.15, 0.2) is 30.3 Å². The molecule has 0 spiro atoms. The van der Waals surface area contributed by atoms with Crippen LogP contribution in [0.2, 0.25) is 0 Å². The van der Waals surface area contributed by atoms with E-state index in [4.69, 9.17) is 10.8 Å². The molecule has 1 unspecified atom stereocenters. The topological polar surface area (TPSA) is 92.0 Å².